The lowest BCUT2D eigenvalue weighted by Gasteiger charge is -2.34. The number of fused-ring (bicyclic) bond motifs is 2. The van der Waals surface area contributed by atoms with E-state index in [4.69, 9.17) is 0 Å². The van der Waals surface area contributed by atoms with E-state index in [-0.39, 0.29) is 5.91 Å². The highest BCUT2D eigenvalue weighted by molar-refractivity contribution is 6.14. The average Bonchev–Trinajstić information content (AvgIpc) is 3.49. The molecule has 1 saturated heterocycles. The van der Waals surface area contributed by atoms with Crippen LogP contribution in [0.2, 0.25) is 0 Å². The number of amides is 1. The molecule has 0 radical (unpaired) electrons. The van der Waals surface area contributed by atoms with Crippen LogP contribution in [0.5, 0.6) is 0 Å². The number of aldehydes is 1. The lowest BCUT2D eigenvalue weighted by atomic mass is 10.0. The Balaban J connectivity index is 0.00000164. The number of anilines is 2. The average molecular weight is 519 g/mol. The zero-order valence-electron chi connectivity index (χ0n) is 22.7. The number of carbonyl (C=O) groups excluding carboxylic acids is 2. The Labute approximate surface area is 223 Å². The number of hydrogen-bond donors (Lipinski definition) is 3. The molecule has 0 unspecified atom stereocenters. The van der Waals surface area contributed by atoms with Crippen LogP contribution in [-0.4, -0.2) is 64.5 Å². The predicted octanol–water partition coefficient (Wildman–Crippen LogP) is 3.00. The molecule has 202 valence electrons. The topological polar surface area (TPSA) is 123 Å². The van der Waals surface area contributed by atoms with Crippen molar-refractivity contribution in [1.29, 1.82) is 0 Å². The summed E-state index contributed by atoms with van der Waals surface area (Å²) in [5.41, 5.74) is 9.33. The number of rotatable bonds is 8. The molecule has 0 spiro atoms. The van der Waals surface area contributed by atoms with E-state index in [9.17, 15) is 9.59 Å². The first kappa shape index (κ1) is 27.3. The fraction of sp³-hybridized carbons (Fsp3) is 0.429. The number of nitrogens with zero attached hydrogens (tertiary/aromatic N) is 5. The van der Waals surface area contributed by atoms with E-state index in [1.54, 1.807) is 9.36 Å². The number of aryl methyl sites for hydroxylation is 3. The fourth-order valence-electron chi connectivity index (χ4n) is 5.28. The minimum Gasteiger partial charge on any atom is -0.371 e. The third kappa shape index (κ3) is 5.71. The summed E-state index contributed by atoms with van der Waals surface area (Å²) in [6.45, 7) is 5.09. The lowest BCUT2D eigenvalue weighted by molar-refractivity contribution is -0.107. The molecule has 2 aromatic carbocycles. The van der Waals surface area contributed by atoms with Gasteiger partial charge in [0.2, 0.25) is 0 Å². The van der Waals surface area contributed by atoms with Crippen LogP contribution in [0.1, 0.15) is 42.1 Å². The van der Waals surface area contributed by atoms with Gasteiger partial charge in [-0.2, -0.15) is 10.2 Å². The van der Waals surface area contributed by atoms with Crippen LogP contribution in [0.4, 0.5) is 11.4 Å². The molecule has 0 saturated carbocycles. The van der Waals surface area contributed by atoms with E-state index in [1.807, 2.05) is 50.8 Å². The van der Waals surface area contributed by atoms with Crippen LogP contribution in [0.15, 0.2) is 36.7 Å². The van der Waals surface area contributed by atoms with Crippen molar-refractivity contribution in [2.75, 3.05) is 36.9 Å². The van der Waals surface area contributed by atoms with Crippen molar-refractivity contribution in [3.8, 4) is 0 Å². The van der Waals surface area contributed by atoms with Gasteiger partial charge in [0.05, 0.1) is 11.1 Å². The number of piperidine rings is 1. The maximum atomic E-state index is 13.4. The number of hydrogen-bond acceptors (Lipinski definition) is 7. The van der Waals surface area contributed by atoms with Crippen molar-refractivity contribution in [3.63, 3.8) is 0 Å². The smallest absolute Gasteiger partial charge is 0.257 e. The van der Waals surface area contributed by atoms with Gasteiger partial charge in [-0.05, 0) is 62.7 Å². The zero-order chi connectivity index (χ0) is 27.2. The Bertz CT molecular complexity index is 1420. The third-order valence-electron chi connectivity index (χ3n) is 6.93. The standard InChI is InChI=1S/C27H33N7O2.CH5N/c1-4-28-20-9-11-34(12-10-20)24-8-7-22(26-23(24)17-33(3)31-26)27(36)29-21-14-18(6-5-13-35)25-19(15-21)16-32(2)30-25;1-2/h7-8,13-17,20,28H,4-6,9-12H2,1-3H3,(H,29,36);2H2,1H3. The third-order valence-corrected chi connectivity index (χ3v) is 6.93. The van der Waals surface area contributed by atoms with Crippen LogP contribution in [0.3, 0.4) is 0 Å². The van der Waals surface area contributed by atoms with E-state index in [0.717, 1.165) is 66.3 Å². The van der Waals surface area contributed by atoms with Gasteiger partial charge in [-0.3, -0.25) is 14.2 Å². The molecule has 1 fully saturated rings. The number of carbonyl (C=O) groups is 2. The van der Waals surface area contributed by atoms with Gasteiger partial charge in [0.1, 0.15) is 11.8 Å². The van der Waals surface area contributed by atoms with Crippen molar-refractivity contribution >= 4 is 45.4 Å². The molecule has 38 heavy (non-hydrogen) atoms. The van der Waals surface area contributed by atoms with Crippen LogP contribution in [-0.2, 0) is 25.3 Å². The van der Waals surface area contributed by atoms with Crippen LogP contribution < -0.4 is 21.3 Å². The van der Waals surface area contributed by atoms with E-state index < -0.39 is 0 Å². The molecule has 4 N–H and O–H groups in total. The molecule has 0 aliphatic carbocycles. The first-order chi connectivity index (χ1) is 18.5. The summed E-state index contributed by atoms with van der Waals surface area (Å²) in [5.74, 6) is -0.208. The second-order valence-corrected chi connectivity index (χ2v) is 9.55. The van der Waals surface area contributed by atoms with Gasteiger partial charge in [-0.1, -0.05) is 6.92 Å². The monoisotopic (exact) mass is 518 g/mol. The number of nitrogens with two attached hydrogens (primary N) is 1. The molecule has 3 heterocycles. The van der Waals surface area contributed by atoms with Crippen molar-refractivity contribution in [1.82, 2.24) is 24.9 Å². The second-order valence-electron chi connectivity index (χ2n) is 9.55. The zero-order valence-corrected chi connectivity index (χ0v) is 22.7. The highest BCUT2D eigenvalue weighted by Crippen LogP contribution is 2.32. The Morgan fingerprint density at radius 3 is 2.50 bits per heavy atom. The quantitative estimate of drug-likeness (QED) is 0.307. The molecule has 10 heteroatoms. The van der Waals surface area contributed by atoms with E-state index in [1.165, 1.54) is 7.05 Å². The van der Waals surface area contributed by atoms with Crippen molar-refractivity contribution in [2.24, 2.45) is 19.8 Å². The molecule has 0 bridgehead atoms. The molecule has 1 amide bonds. The molecule has 10 nitrogen and oxygen atoms in total. The fourth-order valence-corrected chi connectivity index (χ4v) is 5.28. The summed E-state index contributed by atoms with van der Waals surface area (Å²) in [5, 5.41) is 17.7. The maximum Gasteiger partial charge on any atom is 0.257 e. The predicted molar refractivity (Wildman–Crippen MR) is 153 cm³/mol. The van der Waals surface area contributed by atoms with Gasteiger partial charge in [0.25, 0.3) is 5.91 Å². The van der Waals surface area contributed by atoms with E-state index in [2.05, 4.69) is 38.4 Å². The molecule has 0 atom stereocenters. The van der Waals surface area contributed by atoms with Gasteiger partial charge < -0.3 is 26.1 Å². The van der Waals surface area contributed by atoms with Gasteiger partial charge in [-0.15, -0.1) is 0 Å². The Morgan fingerprint density at radius 2 is 1.79 bits per heavy atom. The highest BCUT2D eigenvalue weighted by Gasteiger charge is 2.23. The van der Waals surface area contributed by atoms with Crippen molar-refractivity contribution in [3.05, 3.63) is 47.8 Å². The molecular weight excluding hydrogens is 480 g/mol. The van der Waals surface area contributed by atoms with E-state index >= 15 is 0 Å². The van der Waals surface area contributed by atoms with Crippen LogP contribution in [0.25, 0.3) is 21.8 Å². The summed E-state index contributed by atoms with van der Waals surface area (Å²) in [4.78, 5) is 26.8. The minimum absolute atomic E-state index is 0.208. The first-order valence-electron chi connectivity index (χ1n) is 13.2. The summed E-state index contributed by atoms with van der Waals surface area (Å²) in [6.07, 6.45) is 8.00. The largest absolute Gasteiger partial charge is 0.371 e. The van der Waals surface area contributed by atoms with E-state index in [0.29, 0.717) is 35.7 Å². The van der Waals surface area contributed by atoms with Gasteiger partial charge >= 0.3 is 0 Å². The van der Waals surface area contributed by atoms with Gasteiger partial charge in [-0.25, -0.2) is 0 Å². The summed E-state index contributed by atoms with van der Waals surface area (Å²) >= 11 is 0. The summed E-state index contributed by atoms with van der Waals surface area (Å²) < 4.78 is 3.52. The summed E-state index contributed by atoms with van der Waals surface area (Å²) in [6, 6.07) is 8.32. The molecule has 1 aliphatic rings. The molecule has 4 aromatic rings. The molecule has 5 rings (SSSR count). The van der Waals surface area contributed by atoms with Gasteiger partial charge in [0.15, 0.2) is 0 Å². The van der Waals surface area contributed by atoms with Crippen molar-refractivity contribution in [2.45, 2.75) is 38.6 Å². The van der Waals surface area contributed by atoms with Gasteiger partial charge in [0, 0.05) is 74.2 Å². The Morgan fingerprint density at radius 1 is 1.08 bits per heavy atom. The SMILES string of the molecule is CCNC1CCN(c2ccc(C(=O)Nc3cc(CCC=O)c4nn(C)cc4c3)c3nn(C)cc23)CC1.CN. The minimum atomic E-state index is -0.208. The summed E-state index contributed by atoms with van der Waals surface area (Å²) in [7, 11) is 5.25. The maximum absolute atomic E-state index is 13.4. The first-order valence-corrected chi connectivity index (χ1v) is 13.2. The normalized spacial score (nSPS) is 14.0. The molecule has 2 aromatic heterocycles. The lowest BCUT2D eigenvalue weighted by Crippen LogP contribution is -2.42. The number of aromatic nitrogens is 4. The Hall–Kier alpha value is -3.76. The van der Waals surface area contributed by atoms with Crippen LogP contribution >= 0.6 is 0 Å². The number of nitrogens with one attached hydrogen (secondary N) is 2. The second kappa shape index (κ2) is 12.2. The highest BCUT2D eigenvalue weighted by atomic mass is 16.1. The van der Waals surface area contributed by atoms with Crippen molar-refractivity contribution < 1.29 is 9.59 Å². The van der Waals surface area contributed by atoms with Crippen LogP contribution in [0, 0.1) is 0 Å². The molecule has 1 aliphatic heterocycles. The molecular formula is C28H38N8O2. The Kier molecular flexibility index (Phi) is 8.75. The number of benzene rings is 2.